The third kappa shape index (κ3) is 3.36. The van der Waals surface area contributed by atoms with Gasteiger partial charge < -0.3 is 15.8 Å². The average molecular weight is 331 g/mol. The topological polar surface area (TPSA) is 101 Å². The summed E-state index contributed by atoms with van der Waals surface area (Å²) >= 11 is 5.97. The Hall–Kier alpha value is -2.36. The van der Waals surface area contributed by atoms with Gasteiger partial charge in [0.15, 0.2) is 0 Å². The van der Waals surface area contributed by atoms with Crippen molar-refractivity contribution in [1.29, 1.82) is 5.26 Å². The molecule has 118 valence electrons. The van der Waals surface area contributed by atoms with Gasteiger partial charge in [0.25, 0.3) is 0 Å². The van der Waals surface area contributed by atoms with Gasteiger partial charge in [-0.15, -0.1) is 0 Å². The van der Waals surface area contributed by atoms with Crippen molar-refractivity contribution in [3.63, 3.8) is 0 Å². The molecule has 3 N–H and O–H groups in total. The highest BCUT2D eigenvalue weighted by atomic mass is 35.5. The molecule has 0 radical (unpaired) electrons. The number of aromatic nitrogens is 1. The number of halogens is 1. The van der Waals surface area contributed by atoms with Crippen LogP contribution in [0, 0.1) is 11.3 Å². The number of nitrogens with two attached hydrogens (primary N) is 1. The number of pyridine rings is 1. The molecule has 1 saturated heterocycles. The van der Waals surface area contributed by atoms with Crippen LogP contribution in [0.5, 0.6) is 0 Å². The molecule has 2 unspecified atom stereocenters. The van der Waals surface area contributed by atoms with E-state index in [0.29, 0.717) is 34.9 Å². The number of benzene rings is 1. The van der Waals surface area contributed by atoms with Crippen LogP contribution in [0.4, 0.5) is 5.82 Å². The van der Waals surface area contributed by atoms with Gasteiger partial charge in [0.2, 0.25) is 5.91 Å². The quantitative estimate of drug-likeness (QED) is 0.895. The molecule has 0 aliphatic carbocycles. The van der Waals surface area contributed by atoms with Gasteiger partial charge in [0, 0.05) is 17.0 Å². The summed E-state index contributed by atoms with van der Waals surface area (Å²) in [5.74, 6) is 0.155. The van der Waals surface area contributed by atoms with Gasteiger partial charge >= 0.3 is 0 Å². The molecule has 1 aromatic heterocycles. The predicted molar refractivity (Wildman–Crippen MR) is 87.0 cm³/mol. The minimum atomic E-state index is -0.511. The van der Waals surface area contributed by atoms with Crippen LogP contribution in [-0.4, -0.2) is 29.6 Å². The molecule has 7 heteroatoms. The largest absolute Gasteiger partial charge is 0.367 e. The number of hydrogen-bond donors (Lipinski definition) is 2. The maximum atomic E-state index is 11.1. The summed E-state index contributed by atoms with van der Waals surface area (Å²) in [6.45, 7) is 0.501. The number of nitrogens with zero attached hydrogens (tertiary/aromatic N) is 2. The van der Waals surface area contributed by atoms with Crippen molar-refractivity contribution in [2.24, 2.45) is 5.73 Å². The maximum absolute atomic E-state index is 11.1. The van der Waals surface area contributed by atoms with Crippen LogP contribution in [0.3, 0.4) is 0 Å². The van der Waals surface area contributed by atoms with Gasteiger partial charge in [-0.25, -0.2) is 4.98 Å². The van der Waals surface area contributed by atoms with Crippen LogP contribution in [0.1, 0.15) is 18.4 Å². The third-order valence-electron chi connectivity index (χ3n) is 3.83. The normalized spacial score (nSPS) is 20.3. The maximum Gasteiger partial charge on any atom is 0.246 e. The van der Waals surface area contributed by atoms with Crippen LogP contribution in [0.25, 0.3) is 10.9 Å². The van der Waals surface area contributed by atoms with E-state index in [9.17, 15) is 10.1 Å². The van der Waals surface area contributed by atoms with Gasteiger partial charge in [-0.05, 0) is 37.1 Å². The SMILES string of the molecule is N#Cc1cc(NCC2CCC(C(N)=O)O2)nc2ccc(Cl)cc12. The van der Waals surface area contributed by atoms with Gasteiger partial charge in [0.05, 0.1) is 23.3 Å². The molecule has 1 aromatic carbocycles. The molecule has 1 aliphatic rings. The fourth-order valence-electron chi connectivity index (χ4n) is 2.66. The zero-order valence-electron chi connectivity index (χ0n) is 12.3. The molecule has 2 atom stereocenters. The number of nitrogens with one attached hydrogen (secondary N) is 1. The number of anilines is 1. The zero-order chi connectivity index (χ0) is 16.4. The first kappa shape index (κ1) is 15.5. The first-order valence-corrected chi connectivity index (χ1v) is 7.63. The Morgan fingerprint density at radius 1 is 1.48 bits per heavy atom. The van der Waals surface area contributed by atoms with Crippen molar-refractivity contribution in [2.75, 3.05) is 11.9 Å². The second-order valence-corrected chi connectivity index (χ2v) is 5.87. The number of nitriles is 1. The van der Waals surface area contributed by atoms with Crippen molar-refractivity contribution in [3.8, 4) is 6.07 Å². The minimum absolute atomic E-state index is 0.0965. The van der Waals surface area contributed by atoms with Crippen LogP contribution in [-0.2, 0) is 9.53 Å². The summed E-state index contributed by atoms with van der Waals surface area (Å²) in [4.78, 5) is 15.6. The van der Waals surface area contributed by atoms with Gasteiger partial charge in [-0.2, -0.15) is 5.26 Å². The van der Waals surface area contributed by atoms with Crippen LogP contribution >= 0.6 is 11.6 Å². The van der Waals surface area contributed by atoms with E-state index in [0.717, 1.165) is 11.8 Å². The second-order valence-electron chi connectivity index (χ2n) is 5.44. The number of amides is 1. The van der Waals surface area contributed by atoms with Gasteiger partial charge in [0.1, 0.15) is 11.9 Å². The Balaban J connectivity index is 1.75. The molecule has 23 heavy (non-hydrogen) atoms. The van der Waals surface area contributed by atoms with Crippen molar-refractivity contribution >= 4 is 34.2 Å². The van der Waals surface area contributed by atoms with Gasteiger partial charge in [-0.3, -0.25) is 4.79 Å². The average Bonchev–Trinajstić information content (AvgIpc) is 3.01. The lowest BCUT2D eigenvalue weighted by Crippen LogP contribution is -2.30. The smallest absolute Gasteiger partial charge is 0.246 e. The first-order valence-electron chi connectivity index (χ1n) is 7.26. The van der Waals surface area contributed by atoms with Crippen LogP contribution < -0.4 is 11.1 Å². The lowest BCUT2D eigenvalue weighted by Gasteiger charge is -2.14. The summed E-state index contributed by atoms with van der Waals surface area (Å²) in [5, 5.41) is 13.7. The number of carbonyl (C=O) groups is 1. The van der Waals surface area contributed by atoms with E-state index < -0.39 is 12.0 Å². The van der Waals surface area contributed by atoms with Crippen molar-refractivity contribution < 1.29 is 9.53 Å². The Kier molecular flexibility index (Phi) is 4.33. The lowest BCUT2D eigenvalue weighted by atomic mass is 10.1. The number of ether oxygens (including phenoxy) is 1. The van der Waals surface area contributed by atoms with E-state index in [4.69, 9.17) is 22.1 Å². The molecule has 0 saturated carbocycles. The van der Waals surface area contributed by atoms with Crippen LogP contribution in [0.2, 0.25) is 5.02 Å². The molecule has 1 fully saturated rings. The molecule has 1 aliphatic heterocycles. The number of primary amides is 1. The zero-order valence-corrected chi connectivity index (χ0v) is 13.0. The molecule has 0 bridgehead atoms. The molecule has 0 spiro atoms. The molecule has 1 amide bonds. The number of rotatable bonds is 4. The second kappa shape index (κ2) is 6.41. The minimum Gasteiger partial charge on any atom is -0.367 e. The standard InChI is InChI=1S/C16H15ClN4O2/c17-10-1-3-13-12(6-10)9(7-18)5-15(21-13)20-8-11-2-4-14(23-11)16(19)22/h1,3,5-6,11,14H,2,4,8H2,(H2,19,22)(H,20,21). The summed E-state index contributed by atoms with van der Waals surface area (Å²) in [6, 6.07) is 9.07. The van der Waals surface area contributed by atoms with E-state index in [-0.39, 0.29) is 6.10 Å². The molecule has 3 rings (SSSR count). The Labute approximate surface area is 138 Å². The van der Waals surface area contributed by atoms with E-state index in [1.54, 1.807) is 24.3 Å². The number of hydrogen-bond acceptors (Lipinski definition) is 5. The first-order chi connectivity index (χ1) is 11.1. The van der Waals surface area contributed by atoms with Crippen molar-refractivity contribution in [2.45, 2.75) is 25.0 Å². The number of fused-ring (bicyclic) bond motifs is 1. The molecule has 2 heterocycles. The summed E-state index contributed by atoms with van der Waals surface area (Å²) in [7, 11) is 0. The Bertz CT molecular complexity index is 803. The summed E-state index contributed by atoms with van der Waals surface area (Å²) in [5.41, 5.74) is 6.43. The molecule has 2 aromatic rings. The highest BCUT2D eigenvalue weighted by Crippen LogP contribution is 2.24. The Morgan fingerprint density at radius 2 is 2.30 bits per heavy atom. The summed E-state index contributed by atoms with van der Waals surface area (Å²) in [6.07, 6.45) is 0.785. The summed E-state index contributed by atoms with van der Waals surface area (Å²) < 4.78 is 5.56. The molecule has 6 nitrogen and oxygen atoms in total. The fourth-order valence-corrected chi connectivity index (χ4v) is 2.84. The van der Waals surface area contributed by atoms with Gasteiger partial charge in [-0.1, -0.05) is 11.6 Å². The lowest BCUT2D eigenvalue weighted by molar-refractivity contribution is -0.128. The predicted octanol–water partition coefficient (Wildman–Crippen LogP) is 2.20. The fraction of sp³-hybridized carbons (Fsp3) is 0.312. The van der Waals surface area contributed by atoms with E-state index in [2.05, 4.69) is 16.4 Å². The van der Waals surface area contributed by atoms with Crippen LogP contribution in [0.15, 0.2) is 24.3 Å². The van der Waals surface area contributed by atoms with Crippen molar-refractivity contribution in [1.82, 2.24) is 4.98 Å². The monoisotopic (exact) mass is 330 g/mol. The Morgan fingerprint density at radius 3 is 3.00 bits per heavy atom. The molecular weight excluding hydrogens is 316 g/mol. The number of carbonyl (C=O) groups excluding carboxylic acids is 1. The van der Waals surface area contributed by atoms with E-state index in [1.807, 2.05) is 0 Å². The molecular formula is C16H15ClN4O2. The van der Waals surface area contributed by atoms with E-state index in [1.165, 1.54) is 0 Å². The van der Waals surface area contributed by atoms with E-state index >= 15 is 0 Å². The highest BCUT2D eigenvalue weighted by molar-refractivity contribution is 6.31. The third-order valence-corrected chi connectivity index (χ3v) is 4.06. The highest BCUT2D eigenvalue weighted by Gasteiger charge is 2.28. The van der Waals surface area contributed by atoms with Crippen molar-refractivity contribution in [3.05, 3.63) is 34.9 Å².